The first-order valence-electron chi connectivity index (χ1n) is 6.90. The summed E-state index contributed by atoms with van der Waals surface area (Å²) in [4.78, 5) is 2.52. The summed E-state index contributed by atoms with van der Waals surface area (Å²) < 4.78 is 13.0. The van der Waals surface area contributed by atoms with E-state index in [9.17, 15) is 4.39 Å². The van der Waals surface area contributed by atoms with Crippen LogP contribution in [0.4, 0.5) is 4.39 Å². The monoisotopic (exact) mass is 250 g/mol. The zero-order valence-corrected chi connectivity index (χ0v) is 11.3. The Balaban J connectivity index is 2.24. The Bertz CT molecular complexity index is 377. The second-order valence-electron chi connectivity index (χ2n) is 5.24. The number of benzene rings is 1. The summed E-state index contributed by atoms with van der Waals surface area (Å²) in [6.45, 7) is 5.09. The maximum atomic E-state index is 13.0. The Kier molecular flexibility index (Phi) is 4.36. The third-order valence-corrected chi connectivity index (χ3v) is 4.16. The zero-order valence-electron chi connectivity index (χ0n) is 11.3. The van der Waals surface area contributed by atoms with E-state index in [4.69, 9.17) is 5.73 Å². The van der Waals surface area contributed by atoms with Gasteiger partial charge in [0.15, 0.2) is 0 Å². The third-order valence-electron chi connectivity index (χ3n) is 4.16. The second kappa shape index (κ2) is 5.81. The van der Waals surface area contributed by atoms with Crippen molar-refractivity contribution in [1.82, 2.24) is 4.90 Å². The molecule has 1 aromatic rings. The molecule has 100 valence electrons. The zero-order chi connectivity index (χ0) is 13.1. The van der Waals surface area contributed by atoms with Gasteiger partial charge in [-0.05, 0) is 43.9 Å². The number of likely N-dealkylation sites (tertiary alicyclic amines) is 1. The minimum atomic E-state index is -0.184. The van der Waals surface area contributed by atoms with Crippen molar-refractivity contribution in [2.45, 2.75) is 51.2 Å². The average Bonchev–Trinajstić information content (AvgIpc) is 2.74. The SMILES string of the molecule is CCC1CCC(C)N1C(CN)c1ccc(F)cc1. The first kappa shape index (κ1) is 13.5. The van der Waals surface area contributed by atoms with Crippen molar-refractivity contribution in [3.63, 3.8) is 0 Å². The lowest BCUT2D eigenvalue weighted by Crippen LogP contribution is -2.41. The number of halogens is 1. The minimum Gasteiger partial charge on any atom is -0.329 e. The van der Waals surface area contributed by atoms with E-state index in [1.807, 2.05) is 12.1 Å². The fraction of sp³-hybridized carbons (Fsp3) is 0.600. The van der Waals surface area contributed by atoms with Crippen molar-refractivity contribution in [1.29, 1.82) is 0 Å². The van der Waals surface area contributed by atoms with Gasteiger partial charge in [0.05, 0.1) is 0 Å². The number of rotatable bonds is 4. The van der Waals surface area contributed by atoms with E-state index < -0.39 is 0 Å². The van der Waals surface area contributed by atoms with Gasteiger partial charge in [-0.2, -0.15) is 0 Å². The van der Waals surface area contributed by atoms with Gasteiger partial charge in [-0.25, -0.2) is 4.39 Å². The standard InChI is InChI=1S/C15H23FN2/c1-3-14-9-4-11(2)18(14)15(10-17)12-5-7-13(16)8-6-12/h5-8,11,14-15H,3-4,9-10,17H2,1-2H3. The molecule has 2 rings (SSSR count). The highest BCUT2D eigenvalue weighted by molar-refractivity contribution is 5.21. The van der Waals surface area contributed by atoms with Gasteiger partial charge in [0, 0.05) is 24.7 Å². The van der Waals surface area contributed by atoms with Gasteiger partial charge < -0.3 is 5.73 Å². The molecule has 3 atom stereocenters. The van der Waals surface area contributed by atoms with Crippen LogP contribution in [0.2, 0.25) is 0 Å². The van der Waals surface area contributed by atoms with Crippen molar-refractivity contribution >= 4 is 0 Å². The van der Waals surface area contributed by atoms with Crippen LogP contribution in [0.15, 0.2) is 24.3 Å². The first-order chi connectivity index (χ1) is 8.67. The van der Waals surface area contributed by atoms with Gasteiger partial charge in [0.2, 0.25) is 0 Å². The van der Waals surface area contributed by atoms with Crippen LogP contribution in [0.5, 0.6) is 0 Å². The molecule has 2 N–H and O–H groups in total. The van der Waals surface area contributed by atoms with Gasteiger partial charge in [0.25, 0.3) is 0 Å². The van der Waals surface area contributed by atoms with E-state index in [1.54, 1.807) is 0 Å². The third kappa shape index (κ3) is 2.57. The van der Waals surface area contributed by atoms with Crippen molar-refractivity contribution in [2.75, 3.05) is 6.54 Å². The van der Waals surface area contributed by atoms with E-state index in [1.165, 1.54) is 25.0 Å². The van der Waals surface area contributed by atoms with Crippen molar-refractivity contribution in [3.05, 3.63) is 35.6 Å². The van der Waals surface area contributed by atoms with E-state index in [0.717, 1.165) is 12.0 Å². The van der Waals surface area contributed by atoms with Gasteiger partial charge in [-0.1, -0.05) is 19.1 Å². The molecule has 1 saturated heterocycles. The molecule has 0 spiro atoms. The normalized spacial score (nSPS) is 26.4. The molecule has 0 bridgehead atoms. The van der Waals surface area contributed by atoms with Crippen LogP contribution < -0.4 is 5.73 Å². The molecule has 1 heterocycles. The van der Waals surface area contributed by atoms with Gasteiger partial charge in [-0.3, -0.25) is 4.90 Å². The lowest BCUT2D eigenvalue weighted by Gasteiger charge is -2.35. The molecule has 0 aromatic heterocycles. The molecule has 1 fully saturated rings. The van der Waals surface area contributed by atoms with E-state index >= 15 is 0 Å². The molecule has 2 nitrogen and oxygen atoms in total. The Morgan fingerprint density at radius 2 is 2.00 bits per heavy atom. The van der Waals surface area contributed by atoms with Gasteiger partial charge in [-0.15, -0.1) is 0 Å². The highest BCUT2D eigenvalue weighted by Gasteiger charge is 2.34. The molecule has 0 radical (unpaired) electrons. The maximum Gasteiger partial charge on any atom is 0.123 e. The first-order valence-corrected chi connectivity index (χ1v) is 6.90. The molecule has 1 aromatic carbocycles. The largest absolute Gasteiger partial charge is 0.329 e. The van der Waals surface area contributed by atoms with Gasteiger partial charge >= 0.3 is 0 Å². The van der Waals surface area contributed by atoms with Crippen molar-refractivity contribution < 1.29 is 4.39 Å². The topological polar surface area (TPSA) is 29.3 Å². The Labute approximate surface area is 109 Å². The summed E-state index contributed by atoms with van der Waals surface area (Å²) in [5.41, 5.74) is 7.10. The molecule has 3 heteroatoms. The van der Waals surface area contributed by atoms with Crippen LogP contribution in [0, 0.1) is 5.82 Å². The van der Waals surface area contributed by atoms with Crippen molar-refractivity contribution in [2.24, 2.45) is 5.73 Å². The Hall–Kier alpha value is -0.930. The maximum absolute atomic E-state index is 13.0. The lowest BCUT2D eigenvalue weighted by molar-refractivity contribution is 0.137. The molecular formula is C15H23FN2. The number of hydrogen-bond donors (Lipinski definition) is 1. The summed E-state index contributed by atoms with van der Waals surface area (Å²) >= 11 is 0. The van der Waals surface area contributed by atoms with E-state index in [2.05, 4.69) is 18.7 Å². The average molecular weight is 250 g/mol. The minimum absolute atomic E-state index is 0.184. The predicted octanol–water partition coefficient (Wildman–Crippen LogP) is 3.09. The number of hydrogen-bond acceptors (Lipinski definition) is 2. The summed E-state index contributed by atoms with van der Waals surface area (Å²) in [6, 6.07) is 8.18. The molecule has 18 heavy (non-hydrogen) atoms. The summed E-state index contributed by atoms with van der Waals surface area (Å²) in [7, 11) is 0. The summed E-state index contributed by atoms with van der Waals surface area (Å²) in [5, 5.41) is 0. The van der Waals surface area contributed by atoms with Crippen LogP contribution >= 0.6 is 0 Å². The molecular weight excluding hydrogens is 227 g/mol. The van der Waals surface area contributed by atoms with E-state index in [-0.39, 0.29) is 11.9 Å². The van der Waals surface area contributed by atoms with Crippen molar-refractivity contribution in [3.8, 4) is 0 Å². The van der Waals surface area contributed by atoms with E-state index in [0.29, 0.717) is 18.6 Å². The van der Waals surface area contributed by atoms with Crippen LogP contribution in [-0.2, 0) is 0 Å². The highest BCUT2D eigenvalue weighted by Crippen LogP contribution is 2.34. The Morgan fingerprint density at radius 1 is 1.33 bits per heavy atom. The van der Waals surface area contributed by atoms with Crippen LogP contribution in [0.1, 0.15) is 44.7 Å². The van der Waals surface area contributed by atoms with Crippen LogP contribution in [0.3, 0.4) is 0 Å². The predicted molar refractivity (Wildman–Crippen MR) is 72.8 cm³/mol. The molecule has 0 saturated carbocycles. The highest BCUT2D eigenvalue weighted by atomic mass is 19.1. The fourth-order valence-corrected chi connectivity index (χ4v) is 3.18. The van der Waals surface area contributed by atoms with Crippen LogP contribution in [0.25, 0.3) is 0 Å². The molecule has 0 aliphatic carbocycles. The molecule has 0 amide bonds. The quantitative estimate of drug-likeness (QED) is 0.889. The fourth-order valence-electron chi connectivity index (χ4n) is 3.18. The smallest absolute Gasteiger partial charge is 0.123 e. The van der Waals surface area contributed by atoms with Gasteiger partial charge in [0.1, 0.15) is 5.82 Å². The number of nitrogens with two attached hydrogens (primary N) is 1. The summed E-state index contributed by atoms with van der Waals surface area (Å²) in [6.07, 6.45) is 3.63. The Morgan fingerprint density at radius 3 is 2.56 bits per heavy atom. The molecule has 3 unspecified atom stereocenters. The summed E-state index contributed by atoms with van der Waals surface area (Å²) in [5.74, 6) is -0.184. The lowest BCUT2D eigenvalue weighted by atomic mass is 10.0. The molecule has 1 aliphatic heterocycles. The second-order valence-corrected chi connectivity index (χ2v) is 5.24. The number of nitrogens with zero attached hydrogens (tertiary/aromatic N) is 1. The molecule has 1 aliphatic rings. The van der Waals surface area contributed by atoms with Crippen LogP contribution in [-0.4, -0.2) is 23.5 Å².